The Morgan fingerprint density at radius 3 is 2.58 bits per heavy atom. The molecule has 0 radical (unpaired) electrons. The topological polar surface area (TPSA) is 83.6 Å². The van der Waals surface area contributed by atoms with Crippen LogP contribution in [0.3, 0.4) is 0 Å². The number of likely N-dealkylation sites (tertiary alicyclic amines) is 1. The van der Waals surface area contributed by atoms with E-state index < -0.39 is 11.7 Å². The van der Waals surface area contributed by atoms with Crippen molar-refractivity contribution in [1.29, 1.82) is 0 Å². The van der Waals surface area contributed by atoms with Gasteiger partial charge < -0.3 is 14.4 Å². The maximum Gasteiger partial charge on any atom is 0.294 e. The minimum Gasteiger partial charge on any atom is -0.505 e. The minimum atomic E-state index is -0.747. The molecular formula is C17H15FN2O4. The Hall–Kier alpha value is -2.96. The van der Waals surface area contributed by atoms with E-state index in [-0.39, 0.29) is 35.8 Å². The van der Waals surface area contributed by atoms with E-state index in [0.717, 1.165) is 5.56 Å². The lowest BCUT2D eigenvalue weighted by Gasteiger charge is -2.05. The predicted octanol–water partition coefficient (Wildman–Crippen LogP) is 2.02. The number of likely N-dealkylation sites (N-methyl/N-ethyl adjacent to an activating group) is 1. The van der Waals surface area contributed by atoms with Gasteiger partial charge in [-0.2, -0.15) is 0 Å². The Kier molecular flexibility index (Phi) is 3.92. The monoisotopic (exact) mass is 330 g/mol. The largest absolute Gasteiger partial charge is 0.505 e. The molecule has 1 aliphatic rings. The van der Waals surface area contributed by atoms with Crippen LogP contribution in [0, 0.1) is 12.7 Å². The SMILES string of the molecule is Cc1nc(/C(O)=C2\CN(C)C(=O)C2=O)c(Cc2ccc(F)cc2)o1. The van der Waals surface area contributed by atoms with Gasteiger partial charge in [-0.25, -0.2) is 9.37 Å². The number of hydrogen-bond acceptors (Lipinski definition) is 5. The van der Waals surface area contributed by atoms with Crippen LogP contribution in [0.15, 0.2) is 34.3 Å². The van der Waals surface area contributed by atoms with Crippen LogP contribution in [0.2, 0.25) is 0 Å². The first-order valence-corrected chi connectivity index (χ1v) is 7.30. The number of benzene rings is 1. The third-order valence-corrected chi connectivity index (χ3v) is 3.80. The van der Waals surface area contributed by atoms with Crippen LogP contribution in [0.1, 0.15) is 22.9 Å². The lowest BCUT2D eigenvalue weighted by atomic mass is 10.1. The van der Waals surface area contributed by atoms with Crippen molar-refractivity contribution in [2.45, 2.75) is 13.3 Å². The fraction of sp³-hybridized carbons (Fsp3) is 0.235. The number of rotatable bonds is 3. The summed E-state index contributed by atoms with van der Waals surface area (Å²) in [5.41, 5.74) is 0.886. The fourth-order valence-electron chi connectivity index (χ4n) is 2.57. The molecular weight excluding hydrogens is 315 g/mol. The number of carbonyl (C=O) groups excluding carboxylic acids is 2. The van der Waals surface area contributed by atoms with Gasteiger partial charge in [-0.1, -0.05) is 12.1 Å². The molecule has 124 valence electrons. The lowest BCUT2D eigenvalue weighted by molar-refractivity contribution is -0.138. The molecule has 3 rings (SSSR count). The molecule has 2 heterocycles. The molecule has 0 atom stereocenters. The quantitative estimate of drug-likeness (QED) is 0.529. The van der Waals surface area contributed by atoms with Crippen molar-refractivity contribution in [3.63, 3.8) is 0 Å². The first-order valence-electron chi connectivity index (χ1n) is 7.30. The molecule has 0 unspecified atom stereocenters. The van der Waals surface area contributed by atoms with Gasteiger partial charge in [0.25, 0.3) is 11.7 Å². The molecule has 1 fully saturated rings. The summed E-state index contributed by atoms with van der Waals surface area (Å²) in [5, 5.41) is 10.4. The molecule has 1 N–H and O–H groups in total. The summed E-state index contributed by atoms with van der Waals surface area (Å²) in [7, 11) is 1.48. The number of oxazole rings is 1. The number of amides is 1. The minimum absolute atomic E-state index is 0.00356. The summed E-state index contributed by atoms with van der Waals surface area (Å²) in [5.74, 6) is -1.46. The maximum atomic E-state index is 13.0. The average molecular weight is 330 g/mol. The van der Waals surface area contributed by atoms with Crippen molar-refractivity contribution in [2.75, 3.05) is 13.6 Å². The molecule has 1 aromatic carbocycles. The zero-order valence-electron chi connectivity index (χ0n) is 13.2. The zero-order valence-corrected chi connectivity index (χ0v) is 13.2. The van der Waals surface area contributed by atoms with Crippen LogP contribution in [0.5, 0.6) is 0 Å². The summed E-state index contributed by atoms with van der Waals surface area (Å²) in [6.45, 7) is 1.63. The highest BCUT2D eigenvalue weighted by Gasteiger charge is 2.35. The summed E-state index contributed by atoms with van der Waals surface area (Å²) < 4.78 is 18.5. The van der Waals surface area contributed by atoms with Gasteiger partial charge in [-0.15, -0.1) is 0 Å². The Bertz CT molecular complexity index is 852. The van der Waals surface area contributed by atoms with E-state index in [9.17, 15) is 19.1 Å². The van der Waals surface area contributed by atoms with E-state index >= 15 is 0 Å². The first-order chi connectivity index (χ1) is 11.4. The zero-order chi connectivity index (χ0) is 17.4. The summed E-state index contributed by atoms with van der Waals surface area (Å²) >= 11 is 0. The van der Waals surface area contributed by atoms with E-state index in [1.165, 1.54) is 24.1 Å². The number of aliphatic hydroxyl groups excluding tert-OH is 1. The Morgan fingerprint density at radius 2 is 2.00 bits per heavy atom. The molecule has 0 aliphatic carbocycles. The lowest BCUT2D eigenvalue weighted by Crippen LogP contribution is -2.22. The second-order valence-electron chi connectivity index (χ2n) is 5.63. The van der Waals surface area contributed by atoms with Gasteiger partial charge in [-0.05, 0) is 17.7 Å². The number of nitrogens with zero attached hydrogens (tertiary/aromatic N) is 2. The second-order valence-corrected chi connectivity index (χ2v) is 5.63. The van der Waals surface area contributed by atoms with Gasteiger partial charge in [0.15, 0.2) is 11.6 Å². The molecule has 1 amide bonds. The van der Waals surface area contributed by atoms with Crippen LogP contribution in [-0.2, 0) is 16.0 Å². The number of hydrogen-bond donors (Lipinski definition) is 1. The number of halogens is 1. The van der Waals surface area contributed by atoms with Crippen LogP contribution in [0.25, 0.3) is 5.76 Å². The van der Waals surface area contributed by atoms with Crippen LogP contribution >= 0.6 is 0 Å². The first kappa shape index (κ1) is 15.9. The number of ketones is 1. The van der Waals surface area contributed by atoms with E-state index in [0.29, 0.717) is 11.7 Å². The summed E-state index contributed by atoms with van der Waals surface area (Å²) in [6.07, 6.45) is 0.270. The fourth-order valence-corrected chi connectivity index (χ4v) is 2.57. The highest BCUT2D eigenvalue weighted by molar-refractivity contribution is 6.46. The van der Waals surface area contributed by atoms with Crippen molar-refractivity contribution >= 4 is 17.4 Å². The van der Waals surface area contributed by atoms with Crippen LogP contribution < -0.4 is 0 Å². The van der Waals surface area contributed by atoms with E-state index in [4.69, 9.17) is 4.42 Å². The van der Waals surface area contributed by atoms with Crippen molar-refractivity contribution in [1.82, 2.24) is 9.88 Å². The number of carbonyl (C=O) groups is 2. The van der Waals surface area contributed by atoms with E-state index in [2.05, 4.69) is 4.98 Å². The number of Topliss-reactive ketones (excluding diaryl/α,β-unsaturated/α-hetero) is 1. The molecule has 6 nitrogen and oxygen atoms in total. The summed E-state index contributed by atoms with van der Waals surface area (Å²) in [6, 6.07) is 5.84. The molecule has 0 saturated carbocycles. The maximum absolute atomic E-state index is 13.0. The molecule has 2 aromatic rings. The van der Waals surface area contributed by atoms with Crippen molar-refractivity contribution < 1.29 is 23.5 Å². The number of aliphatic hydroxyl groups is 1. The molecule has 1 saturated heterocycles. The third-order valence-electron chi connectivity index (χ3n) is 3.80. The Labute approximate surface area is 137 Å². The molecule has 0 spiro atoms. The molecule has 24 heavy (non-hydrogen) atoms. The standard InChI is InChI=1S/C17H15FN2O4/c1-9-19-14(15(21)12-8-20(2)17(23)16(12)22)13(24-9)7-10-3-5-11(18)6-4-10/h3-6,21H,7-8H2,1-2H3/b15-12-. The highest BCUT2D eigenvalue weighted by Crippen LogP contribution is 2.26. The average Bonchev–Trinajstić information content (AvgIpc) is 3.04. The highest BCUT2D eigenvalue weighted by atomic mass is 19.1. The van der Waals surface area contributed by atoms with Crippen LogP contribution in [0.4, 0.5) is 4.39 Å². The number of aryl methyl sites for hydroxylation is 1. The van der Waals surface area contributed by atoms with Gasteiger partial charge >= 0.3 is 0 Å². The Balaban J connectivity index is 1.99. The Morgan fingerprint density at radius 1 is 1.33 bits per heavy atom. The molecule has 1 aromatic heterocycles. The van der Waals surface area contributed by atoms with Gasteiger partial charge in [0.05, 0.1) is 12.1 Å². The van der Waals surface area contributed by atoms with Gasteiger partial charge in [0, 0.05) is 20.4 Å². The van der Waals surface area contributed by atoms with Crippen molar-refractivity contribution in [3.8, 4) is 0 Å². The van der Waals surface area contributed by atoms with Gasteiger partial charge in [-0.3, -0.25) is 9.59 Å². The van der Waals surface area contributed by atoms with E-state index in [1.54, 1.807) is 19.1 Å². The second kappa shape index (κ2) is 5.92. The normalized spacial score (nSPS) is 16.9. The predicted molar refractivity (Wildman–Crippen MR) is 82.6 cm³/mol. The van der Waals surface area contributed by atoms with Crippen LogP contribution in [-0.4, -0.2) is 40.3 Å². The molecule has 1 aliphatic heterocycles. The van der Waals surface area contributed by atoms with Gasteiger partial charge in [0.1, 0.15) is 17.3 Å². The number of aromatic nitrogens is 1. The van der Waals surface area contributed by atoms with Gasteiger partial charge in [0.2, 0.25) is 0 Å². The third kappa shape index (κ3) is 2.80. The molecule has 7 heteroatoms. The van der Waals surface area contributed by atoms with Crippen molar-refractivity contribution in [3.05, 3.63) is 58.6 Å². The molecule has 0 bridgehead atoms. The van der Waals surface area contributed by atoms with Crippen molar-refractivity contribution in [2.24, 2.45) is 0 Å². The van der Waals surface area contributed by atoms with E-state index in [1.807, 2.05) is 0 Å². The summed E-state index contributed by atoms with van der Waals surface area (Å²) in [4.78, 5) is 28.9. The smallest absolute Gasteiger partial charge is 0.294 e.